The predicted molar refractivity (Wildman–Crippen MR) is 144 cm³/mol. The molecule has 9 nitrogen and oxygen atoms in total. The monoisotopic (exact) mass is 528 g/mol. The van der Waals surface area contributed by atoms with Crippen molar-refractivity contribution in [1.82, 2.24) is 20.6 Å². The molecule has 0 radical (unpaired) electrons. The maximum atomic E-state index is 16.4. The fourth-order valence-electron chi connectivity index (χ4n) is 4.82. The summed E-state index contributed by atoms with van der Waals surface area (Å²) in [4.78, 5) is 21.8. The number of carbonyl (C=O) groups excluding carboxylic acids is 1. The van der Waals surface area contributed by atoms with E-state index >= 15 is 4.39 Å². The van der Waals surface area contributed by atoms with Gasteiger partial charge < -0.3 is 31.2 Å². The van der Waals surface area contributed by atoms with E-state index < -0.39 is 23.6 Å². The lowest BCUT2D eigenvalue weighted by atomic mass is 10.00. The van der Waals surface area contributed by atoms with Crippen LogP contribution in [0, 0.1) is 18.6 Å². The minimum atomic E-state index is -0.774. The number of carbonyl (C=O) groups is 1. The fourth-order valence-corrected chi connectivity index (χ4v) is 4.82. The third kappa shape index (κ3) is 4.90. The van der Waals surface area contributed by atoms with Crippen LogP contribution in [0.25, 0.3) is 22.0 Å². The Labute approximate surface area is 220 Å². The minimum absolute atomic E-state index is 0.0278. The van der Waals surface area contributed by atoms with Crippen LogP contribution in [0.3, 0.4) is 0 Å². The molecule has 38 heavy (non-hydrogen) atoms. The zero-order valence-corrected chi connectivity index (χ0v) is 22.5. The maximum absolute atomic E-state index is 16.4. The number of nitrogen functional groups attached to an aromatic ring is 1. The van der Waals surface area contributed by atoms with Crippen LogP contribution in [0.1, 0.15) is 49.7 Å². The fraction of sp³-hybridized carbons (Fsp3) is 0.444. The predicted octanol–water partition coefficient (Wildman–Crippen LogP) is 4.17. The molecule has 204 valence electrons. The number of aromatic nitrogens is 2. The molecular formula is C27H34F2N6O3. The second-order valence-corrected chi connectivity index (χ2v) is 9.60. The molecule has 3 heterocycles. The first-order valence-corrected chi connectivity index (χ1v) is 12.7. The second-order valence-electron chi connectivity index (χ2n) is 9.60. The average molecular weight is 529 g/mol. The molecule has 0 aliphatic carbocycles. The van der Waals surface area contributed by atoms with Crippen LogP contribution in [-0.4, -0.2) is 54.8 Å². The van der Waals surface area contributed by atoms with Crippen LogP contribution in [0.5, 0.6) is 11.6 Å². The molecule has 1 aliphatic rings. The van der Waals surface area contributed by atoms with Gasteiger partial charge in [-0.25, -0.2) is 18.7 Å². The van der Waals surface area contributed by atoms with Crippen LogP contribution >= 0.6 is 0 Å². The molecule has 5 N–H and O–H groups in total. The number of ether oxygens (including phenoxy) is 2. The molecule has 0 saturated heterocycles. The number of methoxy groups -OCH3 is 1. The van der Waals surface area contributed by atoms with Crippen molar-refractivity contribution in [3.05, 3.63) is 35.0 Å². The molecule has 1 amide bonds. The van der Waals surface area contributed by atoms with Crippen LogP contribution in [0.15, 0.2) is 12.1 Å². The van der Waals surface area contributed by atoms with Crippen molar-refractivity contribution in [2.75, 3.05) is 31.8 Å². The normalized spacial score (nSPS) is 17.4. The lowest BCUT2D eigenvalue weighted by Crippen LogP contribution is -2.45. The van der Waals surface area contributed by atoms with Gasteiger partial charge in [-0.05, 0) is 38.8 Å². The van der Waals surface area contributed by atoms with Gasteiger partial charge in [-0.15, -0.1) is 0 Å². The average Bonchev–Trinajstić information content (AvgIpc) is 3.00. The van der Waals surface area contributed by atoms with E-state index in [0.29, 0.717) is 17.5 Å². The molecule has 11 heteroatoms. The molecule has 0 saturated carbocycles. The van der Waals surface area contributed by atoms with Gasteiger partial charge in [0.1, 0.15) is 23.3 Å². The Morgan fingerprint density at radius 2 is 2.03 bits per heavy atom. The number of aryl methyl sites for hydroxylation is 1. The first kappa shape index (κ1) is 27.3. The molecule has 2 aromatic heterocycles. The number of nitrogens with zero attached hydrogens (tertiary/aromatic N) is 2. The summed E-state index contributed by atoms with van der Waals surface area (Å²) in [5, 5.41) is 9.80. The first-order chi connectivity index (χ1) is 18.1. The number of nitrogens with one attached hydrogen (secondary N) is 3. The van der Waals surface area contributed by atoms with Crippen LogP contribution in [0.4, 0.5) is 20.3 Å². The zero-order valence-electron chi connectivity index (χ0n) is 22.5. The number of nitrogens with two attached hydrogens (primary N) is 1. The number of halogens is 2. The number of hydrogen-bond acceptors (Lipinski definition) is 8. The molecule has 3 atom stereocenters. The van der Waals surface area contributed by atoms with Gasteiger partial charge in [0.15, 0.2) is 17.4 Å². The molecule has 2 unspecified atom stereocenters. The van der Waals surface area contributed by atoms with Gasteiger partial charge >= 0.3 is 0 Å². The highest BCUT2D eigenvalue weighted by Gasteiger charge is 2.33. The summed E-state index contributed by atoms with van der Waals surface area (Å²) < 4.78 is 42.6. The molecule has 1 aromatic carbocycles. The Hall–Kier alpha value is -3.73. The van der Waals surface area contributed by atoms with E-state index in [1.807, 2.05) is 6.92 Å². The van der Waals surface area contributed by atoms with Gasteiger partial charge in [-0.1, -0.05) is 13.3 Å². The Kier molecular flexibility index (Phi) is 7.86. The highest BCUT2D eigenvalue weighted by molar-refractivity contribution is 6.06. The van der Waals surface area contributed by atoms with Crippen molar-refractivity contribution in [2.24, 2.45) is 0 Å². The zero-order chi connectivity index (χ0) is 27.7. The van der Waals surface area contributed by atoms with Crippen molar-refractivity contribution in [3.8, 4) is 22.9 Å². The molecular weight excluding hydrogens is 494 g/mol. The summed E-state index contributed by atoms with van der Waals surface area (Å²) in [5.41, 5.74) is 6.13. The second kappa shape index (κ2) is 10.9. The highest BCUT2D eigenvalue weighted by Crippen LogP contribution is 2.43. The smallest absolute Gasteiger partial charge is 0.270 e. The summed E-state index contributed by atoms with van der Waals surface area (Å²) in [7, 11) is 2.76. The van der Waals surface area contributed by atoms with E-state index in [0.717, 1.165) is 18.9 Å². The number of amides is 1. The first-order valence-electron chi connectivity index (χ1n) is 12.7. The maximum Gasteiger partial charge on any atom is 0.270 e. The van der Waals surface area contributed by atoms with E-state index in [2.05, 4.69) is 39.8 Å². The third-order valence-electron chi connectivity index (χ3n) is 6.86. The number of pyridine rings is 2. The molecule has 1 aliphatic heterocycles. The van der Waals surface area contributed by atoms with Gasteiger partial charge in [0.05, 0.1) is 24.1 Å². The Morgan fingerprint density at radius 3 is 2.68 bits per heavy atom. The summed E-state index contributed by atoms with van der Waals surface area (Å²) in [6.45, 7) is 8.24. The minimum Gasteiger partial charge on any atom is -0.493 e. The van der Waals surface area contributed by atoms with Gasteiger partial charge in [0.2, 0.25) is 5.88 Å². The standard InChI is InChI=1S/C27H34F2N6O3/c1-7-8-12(2)32-11-18-14(4)38-27-20-19(13(3)22(26(36)31-5)34-25(20)33-18)21(29)23(35-27)16-9-15(30)10-17(28)24(16)37-6/h9-10,12,14,18,32H,7-8,11,30H2,1-6H3,(H,31,36)(H,33,34)/t12?,14-,18?/m0/s1. The van der Waals surface area contributed by atoms with E-state index in [-0.39, 0.29) is 57.6 Å². The summed E-state index contributed by atoms with van der Waals surface area (Å²) >= 11 is 0. The quantitative estimate of drug-likeness (QED) is 0.321. The Morgan fingerprint density at radius 1 is 1.29 bits per heavy atom. The van der Waals surface area contributed by atoms with Crippen molar-refractivity contribution in [3.63, 3.8) is 0 Å². The number of rotatable bonds is 8. The van der Waals surface area contributed by atoms with Gasteiger partial charge in [0, 0.05) is 36.8 Å². The van der Waals surface area contributed by atoms with Crippen molar-refractivity contribution < 1.29 is 23.0 Å². The molecule has 4 rings (SSSR count). The molecule has 0 fully saturated rings. The summed E-state index contributed by atoms with van der Waals surface area (Å²) in [6.07, 6.45) is 1.63. The van der Waals surface area contributed by atoms with E-state index in [1.54, 1.807) is 6.92 Å². The number of benzene rings is 1. The van der Waals surface area contributed by atoms with Crippen molar-refractivity contribution in [1.29, 1.82) is 0 Å². The Balaban J connectivity index is 1.97. The number of hydrogen-bond donors (Lipinski definition) is 4. The largest absolute Gasteiger partial charge is 0.493 e. The van der Waals surface area contributed by atoms with Gasteiger partial charge in [0.25, 0.3) is 5.91 Å². The van der Waals surface area contributed by atoms with Crippen LogP contribution in [-0.2, 0) is 0 Å². The SMILES string of the molecule is CCCC(C)NCC1Nc2nc(C(=O)NC)c(C)c3c(F)c(-c4cc(N)cc(F)c4OC)nc(c23)O[C@H]1C. The molecule has 0 bridgehead atoms. The van der Waals surface area contributed by atoms with Gasteiger partial charge in [-0.3, -0.25) is 4.79 Å². The Bertz CT molecular complexity index is 1380. The van der Waals surface area contributed by atoms with Crippen molar-refractivity contribution in [2.45, 2.75) is 58.7 Å². The highest BCUT2D eigenvalue weighted by atomic mass is 19.1. The van der Waals surface area contributed by atoms with Crippen LogP contribution < -0.4 is 31.2 Å². The lowest BCUT2D eigenvalue weighted by Gasteiger charge is -2.25. The third-order valence-corrected chi connectivity index (χ3v) is 6.86. The van der Waals surface area contributed by atoms with E-state index in [4.69, 9.17) is 15.2 Å². The number of anilines is 2. The lowest BCUT2D eigenvalue weighted by molar-refractivity contribution is 0.0958. The van der Waals surface area contributed by atoms with Crippen LogP contribution in [0.2, 0.25) is 0 Å². The topological polar surface area (TPSA) is 123 Å². The summed E-state index contributed by atoms with van der Waals surface area (Å²) in [6, 6.07) is 2.49. The van der Waals surface area contributed by atoms with Crippen molar-refractivity contribution >= 4 is 28.2 Å². The molecule has 0 spiro atoms. The molecule has 3 aromatic rings. The summed E-state index contributed by atoms with van der Waals surface area (Å²) in [5.74, 6) is -1.82. The van der Waals surface area contributed by atoms with Gasteiger partial charge in [-0.2, -0.15) is 0 Å². The van der Waals surface area contributed by atoms with E-state index in [1.165, 1.54) is 20.2 Å². The van der Waals surface area contributed by atoms with E-state index in [9.17, 15) is 9.18 Å².